The van der Waals surface area contributed by atoms with Gasteiger partial charge in [-0.2, -0.15) is 0 Å². The van der Waals surface area contributed by atoms with E-state index in [1.165, 1.54) is 24.8 Å². The molecule has 5 nitrogen and oxygen atoms in total. The molecule has 0 atom stereocenters. The minimum Gasteiger partial charge on any atom is -0.496 e. The molecule has 0 aliphatic heterocycles. The lowest BCUT2D eigenvalue weighted by molar-refractivity contribution is 0.0603. The fourth-order valence-electron chi connectivity index (χ4n) is 2.16. The molecule has 0 bridgehead atoms. The molecule has 0 amide bonds. The maximum atomic E-state index is 11.8. The molecule has 22 heavy (non-hydrogen) atoms. The van der Waals surface area contributed by atoms with E-state index in [2.05, 4.69) is 9.97 Å². The topological polar surface area (TPSA) is 61.3 Å². The smallest absolute Gasteiger partial charge is 0.340 e. The van der Waals surface area contributed by atoms with E-state index in [4.69, 9.17) is 21.1 Å². The predicted molar refractivity (Wildman–Crippen MR) is 85.8 cm³/mol. The molecule has 3 rings (SSSR count). The molecule has 112 valence electrons. The molecular formula is C15H11ClN2O3S. The van der Waals surface area contributed by atoms with Crippen LogP contribution in [0.25, 0.3) is 21.5 Å². The van der Waals surface area contributed by atoms with Crippen LogP contribution in [0.5, 0.6) is 5.75 Å². The Kier molecular flexibility index (Phi) is 3.96. The number of hydrogen-bond donors (Lipinski definition) is 0. The number of aromatic nitrogens is 2. The van der Waals surface area contributed by atoms with Gasteiger partial charge in [0.25, 0.3) is 0 Å². The van der Waals surface area contributed by atoms with Gasteiger partial charge in [-0.3, -0.25) is 0 Å². The van der Waals surface area contributed by atoms with Crippen LogP contribution < -0.4 is 4.74 Å². The Bertz CT molecular complexity index is 863. The second kappa shape index (κ2) is 5.90. The van der Waals surface area contributed by atoms with Gasteiger partial charge in [0, 0.05) is 16.0 Å². The molecule has 2 heterocycles. The first-order valence-electron chi connectivity index (χ1n) is 6.30. The number of rotatable bonds is 3. The van der Waals surface area contributed by atoms with E-state index in [1.807, 2.05) is 0 Å². The Hall–Kier alpha value is -2.18. The summed E-state index contributed by atoms with van der Waals surface area (Å²) in [7, 11) is 2.92. The summed E-state index contributed by atoms with van der Waals surface area (Å²) in [6, 6.07) is 5.30. The molecule has 0 aliphatic rings. The molecule has 3 aromatic rings. The van der Waals surface area contributed by atoms with Gasteiger partial charge in [0.2, 0.25) is 0 Å². The Balaban J connectivity index is 2.27. The van der Waals surface area contributed by atoms with E-state index < -0.39 is 5.97 Å². The van der Waals surface area contributed by atoms with Crippen LogP contribution in [0.2, 0.25) is 5.02 Å². The van der Waals surface area contributed by atoms with Crippen molar-refractivity contribution >= 4 is 39.1 Å². The van der Waals surface area contributed by atoms with Crippen molar-refractivity contribution in [1.82, 2.24) is 9.97 Å². The van der Waals surface area contributed by atoms with Gasteiger partial charge in [-0.15, -0.1) is 11.3 Å². The maximum Gasteiger partial charge on any atom is 0.340 e. The molecule has 7 heteroatoms. The summed E-state index contributed by atoms with van der Waals surface area (Å²) in [6.45, 7) is 0. The zero-order valence-corrected chi connectivity index (χ0v) is 13.4. The van der Waals surface area contributed by atoms with Crippen molar-refractivity contribution in [1.29, 1.82) is 0 Å². The first kappa shape index (κ1) is 14.7. The van der Waals surface area contributed by atoms with Crippen LogP contribution in [-0.4, -0.2) is 30.2 Å². The van der Waals surface area contributed by atoms with Crippen LogP contribution in [0.1, 0.15) is 10.4 Å². The van der Waals surface area contributed by atoms with Crippen molar-refractivity contribution < 1.29 is 14.3 Å². The van der Waals surface area contributed by atoms with Gasteiger partial charge in [0.1, 0.15) is 12.1 Å². The average Bonchev–Trinajstić information content (AvgIpc) is 2.98. The molecular weight excluding hydrogens is 324 g/mol. The van der Waals surface area contributed by atoms with Gasteiger partial charge in [-0.1, -0.05) is 11.6 Å². The molecule has 0 radical (unpaired) electrons. The molecule has 0 saturated heterocycles. The number of fused-ring (bicyclic) bond motifs is 1. The highest BCUT2D eigenvalue weighted by Gasteiger charge is 2.19. The summed E-state index contributed by atoms with van der Waals surface area (Å²) >= 11 is 7.46. The molecule has 0 saturated carbocycles. The summed E-state index contributed by atoms with van der Waals surface area (Å²) in [5, 5.41) is 2.29. The largest absolute Gasteiger partial charge is 0.496 e. The lowest BCUT2D eigenvalue weighted by Gasteiger charge is -2.09. The second-order valence-electron chi connectivity index (χ2n) is 4.39. The Morgan fingerprint density at radius 3 is 2.82 bits per heavy atom. The predicted octanol–water partition coefficient (Wildman–Crippen LogP) is 3.81. The van der Waals surface area contributed by atoms with E-state index in [-0.39, 0.29) is 0 Å². The number of methoxy groups -OCH3 is 2. The number of ether oxygens (including phenoxy) is 2. The highest BCUT2D eigenvalue weighted by atomic mass is 35.5. The third kappa shape index (κ3) is 2.40. The van der Waals surface area contributed by atoms with Crippen molar-refractivity contribution in [2.24, 2.45) is 0 Å². The SMILES string of the molecule is COC(=O)c1csc2c(-c3cc(Cl)ccc3OC)ncnc12. The number of nitrogens with zero attached hydrogens (tertiary/aromatic N) is 2. The Morgan fingerprint density at radius 2 is 2.09 bits per heavy atom. The number of esters is 1. The van der Waals surface area contributed by atoms with Gasteiger partial charge >= 0.3 is 5.97 Å². The maximum absolute atomic E-state index is 11.8. The third-order valence-electron chi connectivity index (χ3n) is 3.18. The number of carbonyl (C=O) groups is 1. The Morgan fingerprint density at radius 1 is 1.27 bits per heavy atom. The van der Waals surface area contributed by atoms with E-state index >= 15 is 0 Å². The van der Waals surface area contributed by atoms with Crippen molar-refractivity contribution in [3.8, 4) is 17.0 Å². The van der Waals surface area contributed by atoms with E-state index in [0.717, 1.165) is 10.3 Å². The van der Waals surface area contributed by atoms with Gasteiger partial charge in [0.15, 0.2) is 0 Å². The van der Waals surface area contributed by atoms with Crippen molar-refractivity contribution in [3.05, 3.63) is 40.5 Å². The van der Waals surface area contributed by atoms with Crippen LogP contribution in [0.4, 0.5) is 0 Å². The molecule has 0 N–H and O–H groups in total. The molecule has 0 fully saturated rings. The van der Waals surface area contributed by atoms with Crippen molar-refractivity contribution in [3.63, 3.8) is 0 Å². The number of benzene rings is 1. The van der Waals surface area contributed by atoms with Crippen molar-refractivity contribution in [2.45, 2.75) is 0 Å². The summed E-state index contributed by atoms with van der Waals surface area (Å²) < 4.78 is 10.9. The first-order chi connectivity index (χ1) is 10.7. The van der Waals surface area contributed by atoms with Crippen LogP contribution in [0.3, 0.4) is 0 Å². The second-order valence-corrected chi connectivity index (χ2v) is 5.70. The lowest BCUT2D eigenvalue weighted by atomic mass is 10.1. The fourth-order valence-corrected chi connectivity index (χ4v) is 3.33. The molecule has 2 aromatic heterocycles. The van der Waals surface area contributed by atoms with Crippen LogP contribution in [0, 0.1) is 0 Å². The molecule has 1 aromatic carbocycles. The van der Waals surface area contributed by atoms with E-state index in [9.17, 15) is 4.79 Å². The number of carbonyl (C=O) groups excluding carboxylic acids is 1. The highest BCUT2D eigenvalue weighted by molar-refractivity contribution is 7.18. The normalized spacial score (nSPS) is 10.7. The number of thiophene rings is 1. The minimum atomic E-state index is -0.422. The summed E-state index contributed by atoms with van der Waals surface area (Å²) in [5.74, 6) is 0.228. The monoisotopic (exact) mass is 334 g/mol. The zero-order valence-electron chi connectivity index (χ0n) is 11.8. The van der Waals surface area contributed by atoms with E-state index in [1.54, 1.807) is 30.7 Å². The van der Waals surface area contributed by atoms with Crippen molar-refractivity contribution in [2.75, 3.05) is 14.2 Å². The average molecular weight is 335 g/mol. The minimum absolute atomic E-state index is 0.422. The zero-order chi connectivity index (χ0) is 15.7. The molecule has 0 unspecified atom stereocenters. The first-order valence-corrected chi connectivity index (χ1v) is 7.56. The Labute approximate surface area is 135 Å². The van der Waals surface area contributed by atoms with Gasteiger partial charge in [-0.25, -0.2) is 14.8 Å². The third-order valence-corrected chi connectivity index (χ3v) is 4.39. The summed E-state index contributed by atoms with van der Waals surface area (Å²) in [6.07, 6.45) is 1.41. The number of halogens is 1. The highest BCUT2D eigenvalue weighted by Crippen LogP contribution is 2.38. The molecule has 0 spiro atoms. The van der Waals surface area contributed by atoms with Crippen LogP contribution in [-0.2, 0) is 4.74 Å². The quantitative estimate of drug-likeness (QED) is 0.682. The molecule has 0 aliphatic carbocycles. The van der Waals surface area contributed by atoms with Gasteiger partial charge in [0.05, 0.1) is 35.7 Å². The van der Waals surface area contributed by atoms with E-state index in [0.29, 0.717) is 27.5 Å². The van der Waals surface area contributed by atoms with Crippen LogP contribution in [0.15, 0.2) is 29.9 Å². The van der Waals surface area contributed by atoms with Gasteiger partial charge < -0.3 is 9.47 Å². The standard InChI is InChI=1S/C15H11ClN2O3S/c1-20-11-4-3-8(16)5-9(11)12-14-13(18-7-17-12)10(6-22-14)15(19)21-2/h3-7H,1-2H3. The summed E-state index contributed by atoms with van der Waals surface area (Å²) in [4.78, 5) is 20.3. The number of hydrogen-bond acceptors (Lipinski definition) is 6. The van der Waals surface area contributed by atoms with Gasteiger partial charge in [-0.05, 0) is 18.2 Å². The lowest BCUT2D eigenvalue weighted by Crippen LogP contribution is -2.00. The van der Waals surface area contributed by atoms with Crippen LogP contribution >= 0.6 is 22.9 Å². The fraction of sp³-hybridized carbons (Fsp3) is 0.133. The summed E-state index contributed by atoms with van der Waals surface area (Å²) in [5.41, 5.74) is 2.40.